The molecular weight excluding hydrogens is 438 g/mol. The number of aliphatic hydroxyl groups excluding tert-OH is 4. The minimum Gasteiger partial charge on any atom is -0.391 e. The van der Waals surface area contributed by atoms with Crippen molar-refractivity contribution < 1.29 is 38.7 Å². The zero-order chi connectivity index (χ0) is 22.7. The van der Waals surface area contributed by atoms with Crippen molar-refractivity contribution in [1.29, 1.82) is 0 Å². The highest BCUT2D eigenvalue weighted by molar-refractivity contribution is 7.92. The number of thiazole rings is 1. The number of carbonyl (C=O) groups is 1. The quantitative estimate of drug-likeness (QED) is 0.224. The summed E-state index contributed by atoms with van der Waals surface area (Å²) in [7, 11) is -3.63. The van der Waals surface area contributed by atoms with Gasteiger partial charge in [0, 0.05) is 5.38 Å². The maximum absolute atomic E-state index is 12.6. The summed E-state index contributed by atoms with van der Waals surface area (Å²) < 4.78 is 24.6. The second-order valence-corrected chi connectivity index (χ2v) is 9.29. The molecule has 0 spiro atoms. The lowest BCUT2D eigenvalue weighted by Gasteiger charge is -2.40. The Balaban J connectivity index is 2.36. The number of amides is 1. The highest BCUT2D eigenvalue weighted by atomic mass is 32.2. The third kappa shape index (κ3) is 5.72. The third-order valence-electron chi connectivity index (χ3n) is 4.12. The molecule has 2 aromatic rings. The molecule has 1 amide bonds. The van der Waals surface area contributed by atoms with Gasteiger partial charge in [0.15, 0.2) is 10.9 Å². The number of aliphatic hydroxyl groups is 5. The summed E-state index contributed by atoms with van der Waals surface area (Å²) in [5.74, 6) is -1.07. The number of rotatable bonds is 9. The van der Waals surface area contributed by atoms with Crippen molar-refractivity contribution in [2.75, 3.05) is 11.0 Å². The maximum atomic E-state index is 12.6. The number of nitrogens with zero attached hydrogens (tertiary/aromatic N) is 1. The number of benzene rings is 1. The van der Waals surface area contributed by atoms with Gasteiger partial charge in [-0.3, -0.25) is 9.52 Å². The van der Waals surface area contributed by atoms with E-state index in [2.05, 4.69) is 9.71 Å². The predicted octanol–water partition coefficient (Wildman–Crippen LogP) is -1.23. The van der Waals surface area contributed by atoms with Gasteiger partial charge in [-0.2, -0.15) is 0 Å². The van der Waals surface area contributed by atoms with Gasteiger partial charge in [-0.15, -0.1) is 11.3 Å². The van der Waals surface area contributed by atoms with E-state index in [1.807, 2.05) is 5.32 Å². The summed E-state index contributed by atoms with van der Waals surface area (Å²) in [6.07, 6.45) is -6.64. The topological polar surface area (TPSA) is 189 Å². The first-order valence-electron chi connectivity index (χ1n) is 8.60. The molecule has 0 saturated carbocycles. The van der Waals surface area contributed by atoms with E-state index in [9.17, 15) is 38.7 Å². The second kappa shape index (κ2) is 9.34. The molecule has 5 atom stereocenters. The van der Waals surface area contributed by atoms with Crippen molar-refractivity contribution in [1.82, 2.24) is 10.3 Å². The molecule has 2 rings (SSSR count). The van der Waals surface area contributed by atoms with Crippen molar-refractivity contribution in [2.45, 2.75) is 37.1 Å². The number of hydrogen-bond donors (Lipinski definition) is 7. The Hall–Kier alpha value is -2.13. The lowest BCUT2D eigenvalue weighted by molar-refractivity contribution is -0.203. The number of hydrogen-bond acceptors (Lipinski definition) is 10. The molecule has 0 aliphatic heterocycles. The summed E-state index contributed by atoms with van der Waals surface area (Å²) in [6.45, 7) is 1.15. The van der Waals surface area contributed by atoms with E-state index in [0.717, 1.165) is 24.5 Å². The van der Waals surface area contributed by atoms with Crippen LogP contribution >= 0.6 is 11.3 Å². The Kier molecular flexibility index (Phi) is 7.52. The molecule has 166 valence electrons. The van der Waals surface area contributed by atoms with Gasteiger partial charge >= 0.3 is 0 Å². The van der Waals surface area contributed by atoms with Gasteiger partial charge in [-0.1, -0.05) is 30.3 Å². The molecule has 1 unspecified atom stereocenters. The molecular formula is C17H23N3O8S2. The van der Waals surface area contributed by atoms with E-state index >= 15 is 0 Å². The first kappa shape index (κ1) is 24.1. The van der Waals surface area contributed by atoms with E-state index < -0.39 is 46.1 Å². The van der Waals surface area contributed by atoms with Gasteiger partial charge in [0.25, 0.3) is 5.91 Å². The summed E-state index contributed by atoms with van der Waals surface area (Å²) >= 11 is 0.797. The van der Waals surface area contributed by atoms with Crippen molar-refractivity contribution in [2.24, 2.45) is 0 Å². The summed E-state index contributed by atoms with van der Waals surface area (Å²) in [5.41, 5.74) is -3.04. The van der Waals surface area contributed by atoms with Crippen LogP contribution in [0.1, 0.15) is 29.1 Å². The van der Waals surface area contributed by atoms with Crippen molar-refractivity contribution >= 4 is 32.4 Å². The molecule has 0 aliphatic rings. The Morgan fingerprint density at radius 1 is 1.17 bits per heavy atom. The van der Waals surface area contributed by atoms with Gasteiger partial charge in [0.2, 0.25) is 10.0 Å². The molecule has 0 fully saturated rings. The average molecular weight is 462 g/mol. The largest absolute Gasteiger partial charge is 0.391 e. The number of carbonyl (C=O) groups excluding carboxylic acids is 1. The van der Waals surface area contributed by atoms with Crippen LogP contribution in [0.5, 0.6) is 0 Å². The molecule has 7 N–H and O–H groups in total. The van der Waals surface area contributed by atoms with Crippen LogP contribution in [0.25, 0.3) is 0 Å². The van der Waals surface area contributed by atoms with Crippen LogP contribution in [0.2, 0.25) is 0 Å². The summed E-state index contributed by atoms with van der Waals surface area (Å²) in [4.78, 5) is 16.4. The predicted molar refractivity (Wildman–Crippen MR) is 108 cm³/mol. The normalized spacial score (nSPS) is 18.0. The van der Waals surface area contributed by atoms with E-state index in [-0.39, 0.29) is 16.4 Å². The number of nitrogens with one attached hydrogen (secondary N) is 2. The van der Waals surface area contributed by atoms with Crippen LogP contribution in [0.4, 0.5) is 5.13 Å². The zero-order valence-corrected chi connectivity index (χ0v) is 17.6. The monoisotopic (exact) mass is 461 g/mol. The minimum atomic E-state index is -3.63. The fourth-order valence-electron chi connectivity index (χ4n) is 2.55. The lowest BCUT2D eigenvalue weighted by atomic mass is 9.89. The highest BCUT2D eigenvalue weighted by Gasteiger charge is 2.49. The Labute approximate surface area is 176 Å². The fourth-order valence-corrected chi connectivity index (χ4v) is 4.09. The van der Waals surface area contributed by atoms with Gasteiger partial charge < -0.3 is 30.8 Å². The van der Waals surface area contributed by atoms with Crippen LogP contribution in [-0.2, 0) is 10.0 Å². The van der Waals surface area contributed by atoms with Crippen LogP contribution in [-0.4, -0.2) is 75.1 Å². The van der Waals surface area contributed by atoms with Crippen LogP contribution in [0, 0.1) is 0 Å². The van der Waals surface area contributed by atoms with E-state index in [4.69, 9.17) is 0 Å². The summed E-state index contributed by atoms with van der Waals surface area (Å²) in [5, 5.41) is 54.8. The van der Waals surface area contributed by atoms with Crippen LogP contribution in [0.3, 0.4) is 0 Å². The van der Waals surface area contributed by atoms with Crippen molar-refractivity contribution in [3.8, 4) is 0 Å². The molecule has 11 nitrogen and oxygen atoms in total. The molecule has 0 saturated heterocycles. The zero-order valence-electron chi connectivity index (χ0n) is 16.0. The van der Waals surface area contributed by atoms with Crippen LogP contribution in [0.15, 0.2) is 35.7 Å². The average Bonchev–Trinajstić information content (AvgIpc) is 3.13. The van der Waals surface area contributed by atoms with Crippen molar-refractivity contribution in [3.63, 3.8) is 0 Å². The van der Waals surface area contributed by atoms with Crippen LogP contribution < -0.4 is 10.0 Å². The standard InChI is InChI=1S/C17H23N3O8S2/c1-9(21)12(22)14(24)17(26,13(23)10-6-4-3-5-7-10)19-15(25)11-8-29-16(18-11)20-30(2,27)28/h3-9,12-14,21-24,26H,1-2H3,(H,18,20)(H,19,25)/t9-,12-,13?,14+,17+/m1/s1. The van der Waals surface area contributed by atoms with Gasteiger partial charge in [-0.05, 0) is 12.5 Å². The molecule has 1 heterocycles. The molecule has 1 aromatic heterocycles. The Bertz CT molecular complexity index is 966. The number of sulfonamides is 1. The SMILES string of the molecule is C[C@@H](O)[C@@H](O)[C@H](O)[C@](O)(NC(=O)c1csc(NS(C)(=O)=O)n1)C(O)c1ccccc1. The second-order valence-electron chi connectivity index (χ2n) is 6.68. The van der Waals surface area contributed by atoms with Gasteiger partial charge in [0.1, 0.15) is 24.0 Å². The molecule has 1 aromatic carbocycles. The molecule has 30 heavy (non-hydrogen) atoms. The maximum Gasteiger partial charge on any atom is 0.273 e. The first-order valence-corrected chi connectivity index (χ1v) is 11.4. The van der Waals surface area contributed by atoms with E-state index in [1.165, 1.54) is 17.5 Å². The fraction of sp³-hybridized carbons (Fsp3) is 0.412. The summed E-state index contributed by atoms with van der Waals surface area (Å²) in [6, 6.07) is 7.56. The number of anilines is 1. The molecule has 13 heteroatoms. The van der Waals surface area contributed by atoms with Gasteiger partial charge in [0.05, 0.1) is 12.4 Å². The van der Waals surface area contributed by atoms with Crippen molar-refractivity contribution in [3.05, 3.63) is 47.0 Å². The molecule has 0 aliphatic carbocycles. The number of aromatic nitrogens is 1. The smallest absolute Gasteiger partial charge is 0.273 e. The highest BCUT2D eigenvalue weighted by Crippen LogP contribution is 2.30. The Morgan fingerprint density at radius 2 is 1.77 bits per heavy atom. The third-order valence-corrected chi connectivity index (χ3v) is 5.58. The van der Waals surface area contributed by atoms with Gasteiger partial charge in [-0.25, -0.2) is 13.4 Å². The van der Waals surface area contributed by atoms with E-state index in [1.54, 1.807) is 18.2 Å². The molecule has 0 bridgehead atoms. The first-order chi connectivity index (χ1) is 13.8. The Morgan fingerprint density at radius 3 is 2.30 bits per heavy atom. The van der Waals surface area contributed by atoms with E-state index in [0.29, 0.717) is 0 Å². The molecule has 0 radical (unpaired) electrons. The minimum absolute atomic E-state index is 0.106. The lowest BCUT2D eigenvalue weighted by Crippen LogP contribution is -2.65.